The van der Waals surface area contributed by atoms with Crippen molar-refractivity contribution in [3.05, 3.63) is 12.7 Å². The Hall–Kier alpha value is -2.33. The molecule has 3 aliphatic rings. The average Bonchev–Trinajstić information content (AvgIpc) is 3.13. The third-order valence-corrected chi connectivity index (χ3v) is 8.78. The summed E-state index contributed by atoms with van der Waals surface area (Å²) in [6, 6.07) is -3.16. The van der Waals surface area contributed by atoms with Gasteiger partial charge in [0, 0.05) is 24.9 Å². The smallest absolute Gasteiger partial charge is 0.408 e. The Kier molecular flexibility index (Phi) is 9.56. The van der Waals surface area contributed by atoms with E-state index in [0.29, 0.717) is 6.42 Å². The van der Waals surface area contributed by atoms with Crippen molar-refractivity contribution < 1.29 is 28.7 Å². The van der Waals surface area contributed by atoms with Crippen molar-refractivity contribution in [3.8, 4) is 0 Å². The summed E-state index contributed by atoms with van der Waals surface area (Å²) in [5, 5.41) is 7.89. The van der Waals surface area contributed by atoms with Crippen molar-refractivity contribution >= 4 is 52.8 Å². The Labute approximate surface area is 246 Å². The Bertz CT molecular complexity index is 1050. The number of ketones is 1. The molecule has 0 aromatic heterocycles. The van der Waals surface area contributed by atoms with Crippen LogP contribution in [0.15, 0.2) is 12.7 Å². The first-order valence-corrected chi connectivity index (χ1v) is 14.5. The van der Waals surface area contributed by atoms with Gasteiger partial charge in [-0.2, -0.15) is 0 Å². The fourth-order valence-corrected chi connectivity index (χ4v) is 6.16. The lowest BCUT2D eigenvalue weighted by atomic mass is 9.80. The van der Waals surface area contributed by atoms with Gasteiger partial charge >= 0.3 is 6.09 Å². The number of hydrogen-bond donors (Lipinski definition) is 3. The number of ether oxygens (including phenoxy) is 1. The summed E-state index contributed by atoms with van der Waals surface area (Å²) in [5.41, 5.74) is -1.50. The minimum atomic E-state index is -1.20. The summed E-state index contributed by atoms with van der Waals surface area (Å²) in [5.74, 6) is -3.37. The Morgan fingerprint density at radius 2 is 1.70 bits per heavy atom. The Balaban J connectivity index is 1.84. The molecule has 2 unspecified atom stereocenters. The summed E-state index contributed by atoms with van der Waals surface area (Å²) < 4.78 is 4.17. The second kappa shape index (κ2) is 11.9. The highest BCUT2D eigenvalue weighted by atomic mass is 35.5. The van der Waals surface area contributed by atoms with Crippen LogP contribution in [0.5, 0.6) is 0 Å². The van der Waals surface area contributed by atoms with Crippen LogP contribution < -0.4 is 16.0 Å². The maximum atomic E-state index is 13.9. The minimum absolute atomic E-state index is 0.109. The van der Waals surface area contributed by atoms with Gasteiger partial charge in [0.15, 0.2) is 0 Å². The van der Waals surface area contributed by atoms with E-state index in [4.69, 9.17) is 27.9 Å². The lowest BCUT2D eigenvalue weighted by Crippen LogP contribution is -2.61. The molecule has 0 spiro atoms. The lowest BCUT2D eigenvalue weighted by molar-refractivity contribution is -0.145. The topological polar surface area (TPSA) is 134 Å². The van der Waals surface area contributed by atoms with Crippen molar-refractivity contribution in [2.24, 2.45) is 23.2 Å². The second-order valence-electron chi connectivity index (χ2n) is 13.1. The molecule has 12 heteroatoms. The number of piperidine rings is 1. The Morgan fingerprint density at radius 3 is 2.20 bits per heavy atom. The molecule has 1 heterocycles. The summed E-state index contributed by atoms with van der Waals surface area (Å²) in [6.07, 6.45) is 3.85. The number of rotatable bonds is 10. The molecular formula is C28H42Cl2N4O6. The van der Waals surface area contributed by atoms with Gasteiger partial charge in [0.2, 0.25) is 17.6 Å². The van der Waals surface area contributed by atoms with Crippen LogP contribution in [0.3, 0.4) is 0 Å². The summed E-state index contributed by atoms with van der Waals surface area (Å²) in [7, 11) is 0. The summed E-state index contributed by atoms with van der Waals surface area (Å²) in [6.45, 7) is 14.3. The van der Waals surface area contributed by atoms with Crippen LogP contribution in [0, 0.1) is 23.2 Å². The standard InChI is InChI=1S/C28H42Cl2N4O6/c1-8-12-31-23(37)20(35)17(13-15-10-9-11-15)32-22(36)19-18-16(28(18,29)30)14-34(19)24(38)21(26(2,3)4)33-25(39)40-27(5,6)7/h8,15-19,21H,1,9-14H2,2-7H3,(H,31,37)(H,32,36)(H,33,39)/t16-,17?,18?,19-,21+/m0/s1. The molecule has 1 aliphatic heterocycles. The van der Waals surface area contributed by atoms with Crippen LogP contribution in [0.1, 0.15) is 67.2 Å². The molecule has 3 fully saturated rings. The van der Waals surface area contributed by atoms with Gasteiger partial charge in [0.25, 0.3) is 5.91 Å². The van der Waals surface area contributed by atoms with Crippen LogP contribution in [-0.2, 0) is 23.9 Å². The molecule has 5 atom stereocenters. The molecule has 3 rings (SSSR count). The molecule has 3 N–H and O–H groups in total. The number of Topliss-reactive ketones (excluding diaryl/α,β-unsaturated/α-hetero) is 1. The van der Waals surface area contributed by atoms with E-state index in [9.17, 15) is 24.0 Å². The van der Waals surface area contributed by atoms with Gasteiger partial charge in [0.1, 0.15) is 22.0 Å². The van der Waals surface area contributed by atoms with Crippen LogP contribution in [-0.4, -0.2) is 75.6 Å². The predicted molar refractivity (Wildman–Crippen MR) is 152 cm³/mol. The first kappa shape index (κ1) is 32.2. The van der Waals surface area contributed by atoms with Crippen LogP contribution in [0.25, 0.3) is 0 Å². The van der Waals surface area contributed by atoms with Crippen LogP contribution in [0.4, 0.5) is 4.79 Å². The number of amides is 4. The number of fused-ring (bicyclic) bond motifs is 1. The second-order valence-corrected chi connectivity index (χ2v) is 14.6. The monoisotopic (exact) mass is 600 g/mol. The van der Waals surface area contributed by atoms with Crippen LogP contribution >= 0.6 is 23.2 Å². The fraction of sp³-hybridized carbons (Fsp3) is 0.750. The first-order chi connectivity index (χ1) is 18.4. The van der Waals surface area contributed by atoms with Gasteiger partial charge in [-0.3, -0.25) is 19.2 Å². The lowest BCUT2D eigenvalue weighted by Gasteiger charge is -2.38. The van der Waals surface area contributed by atoms with Crippen LogP contribution in [0.2, 0.25) is 0 Å². The molecule has 2 aliphatic carbocycles. The normalized spacial score (nSPS) is 25.0. The number of hydrogen-bond acceptors (Lipinski definition) is 6. The molecule has 224 valence electrons. The van der Waals surface area contributed by atoms with E-state index < -0.39 is 69.0 Å². The molecule has 0 aromatic rings. The molecule has 0 radical (unpaired) electrons. The summed E-state index contributed by atoms with van der Waals surface area (Å²) >= 11 is 13.0. The maximum absolute atomic E-state index is 13.9. The molecule has 0 aromatic carbocycles. The van der Waals surface area contributed by atoms with Crippen molar-refractivity contribution in [2.45, 2.75) is 95.3 Å². The highest BCUT2D eigenvalue weighted by Gasteiger charge is 2.74. The Morgan fingerprint density at radius 1 is 1.07 bits per heavy atom. The molecule has 2 saturated carbocycles. The average molecular weight is 602 g/mol. The molecular weight excluding hydrogens is 559 g/mol. The zero-order valence-electron chi connectivity index (χ0n) is 24.1. The maximum Gasteiger partial charge on any atom is 0.408 e. The van der Waals surface area contributed by atoms with Gasteiger partial charge in [-0.05, 0) is 38.5 Å². The third-order valence-electron chi connectivity index (χ3n) is 7.72. The molecule has 4 amide bonds. The number of alkyl carbamates (subject to hydrolysis) is 1. The number of carbonyl (C=O) groups is 5. The number of carbonyl (C=O) groups excluding carboxylic acids is 5. The van der Waals surface area contributed by atoms with E-state index in [2.05, 4.69) is 22.5 Å². The van der Waals surface area contributed by atoms with Crippen molar-refractivity contribution in [1.29, 1.82) is 0 Å². The third kappa shape index (κ3) is 7.29. The molecule has 10 nitrogen and oxygen atoms in total. The SMILES string of the molecule is C=CCNC(=O)C(=O)C(CC1CCC1)NC(=O)[C@@H]1C2[C@H](CN1C(=O)[C@@H](NC(=O)OC(C)(C)C)C(C)(C)C)C2(Cl)Cl. The predicted octanol–water partition coefficient (Wildman–Crippen LogP) is 3.10. The fourth-order valence-electron chi connectivity index (χ4n) is 5.33. The van der Waals surface area contributed by atoms with E-state index >= 15 is 0 Å². The van der Waals surface area contributed by atoms with E-state index in [0.717, 1.165) is 19.3 Å². The summed E-state index contributed by atoms with van der Waals surface area (Å²) in [4.78, 5) is 67.2. The van der Waals surface area contributed by atoms with E-state index in [1.54, 1.807) is 41.5 Å². The highest BCUT2D eigenvalue weighted by molar-refractivity contribution is 6.51. The first-order valence-electron chi connectivity index (χ1n) is 13.8. The minimum Gasteiger partial charge on any atom is -0.444 e. The van der Waals surface area contributed by atoms with Gasteiger partial charge < -0.3 is 25.6 Å². The van der Waals surface area contributed by atoms with E-state index in [-0.39, 0.29) is 24.9 Å². The number of likely N-dealkylation sites (tertiary alicyclic amines) is 1. The van der Waals surface area contributed by atoms with Gasteiger partial charge in [0.05, 0.1) is 6.04 Å². The number of nitrogens with zero attached hydrogens (tertiary/aromatic N) is 1. The van der Waals surface area contributed by atoms with Gasteiger partial charge in [-0.1, -0.05) is 46.1 Å². The van der Waals surface area contributed by atoms with Crippen molar-refractivity contribution in [1.82, 2.24) is 20.9 Å². The van der Waals surface area contributed by atoms with Gasteiger partial charge in [-0.25, -0.2) is 4.79 Å². The van der Waals surface area contributed by atoms with Crippen molar-refractivity contribution in [2.75, 3.05) is 13.1 Å². The zero-order valence-corrected chi connectivity index (χ0v) is 25.7. The van der Waals surface area contributed by atoms with Gasteiger partial charge in [-0.15, -0.1) is 29.8 Å². The van der Waals surface area contributed by atoms with E-state index in [1.165, 1.54) is 11.0 Å². The largest absolute Gasteiger partial charge is 0.444 e. The molecule has 0 bridgehead atoms. The number of alkyl halides is 2. The molecule has 1 saturated heterocycles. The number of halogens is 2. The highest BCUT2D eigenvalue weighted by Crippen LogP contribution is 2.65. The quantitative estimate of drug-likeness (QED) is 0.200. The van der Waals surface area contributed by atoms with E-state index in [1.807, 2.05) is 0 Å². The zero-order chi connectivity index (χ0) is 30.2. The molecule has 40 heavy (non-hydrogen) atoms. The van der Waals surface area contributed by atoms with Crippen molar-refractivity contribution in [3.63, 3.8) is 0 Å². The number of nitrogens with one attached hydrogen (secondary N) is 3.